The summed E-state index contributed by atoms with van der Waals surface area (Å²) in [5.41, 5.74) is -0.901. The number of Topliss-reactive ketones (excluding diaryl/α,β-unsaturated/α-hetero) is 1. The van der Waals surface area contributed by atoms with Gasteiger partial charge in [-0.2, -0.15) is 0 Å². The summed E-state index contributed by atoms with van der Waals surface area (Å²) in [7, 11) is 0. The van der Waals surface area contributed by atoms with Crippen molar-refractivity contribution in [2.45, 2.75) is 19.4 Å². The molecule has 1 fully saturated rings. The van der Waals surface area contributed by atoms with E-state index in [1.807, 2.05) is 0 Å². The van der Waals surface area contributed by atoms with Crippen molar-refractivity contribution in [3.8, 4) is 0 Å². The zero-order chi connectivity index (χ0) is 21.3. The van der Waals surface area contributed by atoms with Gasteiger partial charge in [-0.05, 0) is 31.2 Å². The normalized spacial score (nSPS) is 18.6. The Morgan fingerprint density at radius 3 is 2.52 bits per heavy atom. The number of urea groups is 1. The van der Waals surface area contributed by atoms with Gasteiger partial charge in [-0.1, -0.05) is 34.1 Å². The third-order valence-corrected chi connectivity index (χ3v) is 5.27. The summed E-state index contributed by atoms with van der Waals surface area (Å²) in [6.45, 7) is 2.21. The first-order chi connectivity index (χ1) is 13.6. The molecule has 4 amide bonds. The zero-order valence-electron chi connectivity index (χ0n) is 15.6. The van der Waals surface area contributed by atoms with Crippen LogP contribution in [0.2, 0.25) is 0 Å². The molecule has 0 aromatic heterocycles. The Balaban J connectivity index is 1.83. The van der Waals surface area contributed by atoms with Crippen LogP contribution >= 0.6 is 15.9 Å². The first-order valence-corrected chi connectivity index (χ1v) is 9.42. The number of carbonyl (C=O) groups excluding carboxylic acids is 4. The van der Waals surface area contributed by atoms with Crippen LogP contribution in [0.1, 0.15) is 29.8 Å². The molecular weight excluding hydrogens is 445 g/mol. The highest BCUT2D eigenvalue weighted by Crippen LogP contribution is 2.33. The van der Waals surface area contributed by atoms with Crippen LogP contribution in [-0.4, -0.2) is 35.1 Å². The highest BCUT2D eigenvalue weighted by molar-refractivity contribution is 9.10. The van der Waals surface area contributed by atoms with Gasteiger partial charge in [0, 0.05) is 22.6 Å². The van der Waals surface area contributed by atoms with Crippen molar-refractivity contribution in [1.29, 1.82) is 0 Å². The second-order valence-electron chi connectivity index (χ2n) is 6.73. The van der Waals surface area contributed by atoms with Gasteiger partial charge in [-0.25, -0.2) is 9.18 Å². The number of nitrogens with zero attached hydrogens (tertiary/aromatic N) is 1. The Morgan fingerprint density at radius 2 is 1.90 bits per heavy atom. The van der Waals surface area contributed by atoms with Crippen LogP contribution in [0.15, 0.2) is 46.9 Å². The summed E-state index contributed by atoms with van der Waals surface area (Å²) in [4.78, 5) is 49.7. The topological polar surface area (TPSA) is 95.6 Å². The number of ketones is 1. The molecule has 0 aliphatic carbocycles. The number of imide groups is 1. The summed E-state index contributed by atoms with van der Waals surface area (Å²) in [6.07, 6.45) is 0. The standard InChI is InChI=1S/C20H17BrFN3O4/c1-11(26)23-12-7-8-13(16(22)9-12)17(27)10-25-18(28)20(2,24-19(25)29)14-5-3-4-6-15(14)21/h3-9H,10H2,1-2H3,(H,23,26)(H,24,29)/t20-/m1/s1. The van der Waals surface area contributed by atoms with Crippen molar-refractivity contribution in [1.82, 2.24) is 10.2 Å². The summed E-state index contributed by atoms with van der Waals surface area (Å²) in [6, 6.07) is 9.76. The number of hydrogen-bond donors (Lipinski definition) is 2. The lowest BCUT2D eigenvalue weighted by atomic mass is 9.92. The zero-order valence-corrected chi connectivity index (χ0v) is 17.2. The molecule has 1 aliphatic rings. The third kappa shape index (κ3) is 3.91. The van der Waals surface area contributed by atoms with E-state index in [2.05, 4.69) is 26.6 Å². The van der Waals surface area contributed by atoms with Crippen molar-refractivity contribution < 1.29 is 23.6 Å². The van der Waals surface area contributed by atoms with Crippen molar-refractivity contribution in [2.24, 2.45) is 0 Å². The maximum Gasteiger partial charge on any atom is 0.325 e. The predicted octanol–water partition coefficient (Wildman–Crippen LogP) is 3.20. The fourth-order valence-corrected chi connectivity index (χ4v) is 3.82. The van der Waals surface area contributed by atoms with E-state index in [0.717, 1.165) is 11.0 Å². The number of halogens is 2. The second-order valence-corrected chi connectivity index (χ2v) is 7.58. The molecule has 29 heavy (non-hydrogen) atoms. The molecule has 2 N–H and O–H groups in total. The van der Waals surface area contributed by atoms with Gasteiger partial charge in [-0.15, -0.1) is 0 Å². The number of hydrogen-bond acceptors (Lipinski definition) is 4. The van der Waals surface area contributed by atoms with Gasteiger partial charge in [-0.3, -0.25) is 19.3 Å². The maximum atomic E-state index is 14.3. The smallest absolute Gasteiger partial charge is 0.325 e. The molecule has 1 saturated heterocycles. The monoisotopic (exact) mass is 461 g/mol. The van der Waals surface area contributed by atoms with Crippen LogP contribution in [0.3, 0.4) is 0 Å². The van der Waals surface area contributed by atoms with E-state index in [4.69, 9.17) is 0 Å². The van der Waals surface area contributed by atoms with Crippen molar-refractivity contribution >= 4 is 45.2 Å². The molecule has 2 aromatic rings. The van der Waals surface area contributed by atoms with Crippen LogP contribution in [0, 0.1) is 5.82 Å². The fourth-order valence-electron chi connectivity index (χ4n) is 3.14. The van der Waals surface area contributed by atoms with Gasteiger partial charge >= 0.3 is 6.03 Å². The molecule has 7 nitrogen and oxygen atoms in total. The summed E-state index contributed by atoms with van der Waals surface area (Å²) < 4.78 is 14.9. The molecule has 9 heteroatoms. The number of benzene rings is 2. The van der Waals surface area contributed by atoms with Crippen molar-refractivity contribution in [2.75, 3.05) is 11.9 Å². The van der Waals surface area contributed by atoms with Gasteiger partial charge in [0.2, 0.25) is 5.91 Å². The Kier molecular flexibility index (Phi) is 5.52. The van der Waals surface area contributed by atoms with E-state index >= 15 is 0 Å². The molecule has 150 valence electrons. The largest absolute Gasteiger partial charge is 0.326 e. The Morgan fingerprint density at radius 1 is 1.21 bits per heavy atom. The minimum atomic E-state index is -1.36. The number of carbonyl (C=O) groups is 4. The maximum absolute atomic E-state index is 14.3. The lowest BCUT2D eigenvalue weighted by Crippen LogP contribution is -2.41. The van der Waals surface area contributed by atoms with E-state index in [1.54, 1.807) is 31.2 Å². The summed E-state index contributed by atoms with van der Waals surface area (Å²) in [5, 5.41) is 5.01. The molecule has 0 spiro atoms. The molecule has 1 atom stereocenters. The lowest BCUT2D eigenvalue weighted by Gasteiger charge is -2.23. The average molecular weight is 462 g/mol. The van der Waals surface area contributed by atoms with Gasteiger partial charge in [0.15, 0.2) is 5.78 Å². The summed E-state index contributed by atoms with van der Waals surface area (Å²) in [5.74, 6) is -2.59. The Labute approximate surface area is 174 Å². The Hall–Kier alpha value is -3.07. The molecule has 0 unspecified atom stereocenters. The molecule has 0 radical (unpaired) electrons. The molecule has 1 aliphatic heterocycles. The minimum Gasteiger partial charge on any atom is -0.326 e. The van der Waals surface area contributed by atoms with Crippen molar-refractivity contribution in [3.05, 3.63) is 63.9 Å². The molecule has 2 aromatic carbocycles. The third-order valence-electron chi connectivity index (χ3n) is 4.58. The highest BCUT2D eigenvalue weighted by atomic mass is 79.9. The molecule has 1 heterocycles. The molecular formula is C20H17BrFN3O4. The van der Waals surface area contributed by atoms with E-state index in [1.165, 1.54) is 19.1 Å². The van der Waals surface area contributed by atoms with Crippen LogP contribution in [0.25, 0.3) is 0 Å². The number of anilines is 1. The van der Waals surface area contributed by atoms with E-state index in [0.29, 0.717) is 10.0 Å². The quantitative estimate of drug-likeness (QED) is 0.527. The second kappa shape index (κ2) is 7.75. The average Bonchev–Trinajstić information content (AvgIpc) is 2.85. The van der Waals surface area contributed by atoms with Crippen LogP contribution in [-0.2, 0) is 15.1 Å². The Bertz CT molecular complexity index is 1040. The van der Waals surface area contributed by atoms with E-state index in [-0.39, 0.29) is 17.2 Å². The van der Waals surface area contributed by atoms with Crippen LogP contribution in [0.5, 0.6) is 0 Å². The minimum absolute atomic E-state index is 0.197. The van der Waals surface area contributed by atoms with E-state index in [9.17, 15) is 23.6 Å². The SMILES string of the molecule is CC(=O)Nc1ccc(C(=O)CN2C(=O)N[C@](C)(c3ccccc3Br)C2=O)c(F)c1. The predicted molar refractivity (Wildman–Crippen MR) is 107 cm³/mol. The molecule has 0 saturated carbocycles. The van der Waals surface area contributed by atoms with Gasteiger partial charge in [0.25, 0.3) is 5.91 Å². The number of rotatable bonds is 5. The highest BCUT2D eigenvalue weighted by Gasteiger charge is 2.50. The van der Waals surface area contributed by atoms with Crippen LogP contribution < -0.4 is 10.6 Å². The number of amides is 4. The van der Waals surface area contributed by atoms with Crippen LogP contribution in [0.4, 0.5) is 14.9 Å². The van der Waals surface area contributed by atoms with Crippen molar-refractivity contribution in [3.63, 3.8) is 0 Å². The first-order valence-electron chi connectivity index (χ1n) is 8.63. The first kappa shape index (κ1) is 20.7. The lowest BCUT2D eigenvalue weighted by molar-refractivity contribution is -0.130. The van der Waals surface area contributed by atoms with Gasteiger partial charge in [0.1, 0.15) is 11.4 Å². The van der Waals surface area contributed by atoms with Gasteiger partial charge in [0.05, 0.1) is 12.1 Å². The summed E-state index contributed by atoms with van der Waals surface area (Å²) >= 11 is 3.36. The van der Waals surface area contributed by atoms with E-state index < -0.39 is 35.6 Å². The fraction of sp³-hybridized carbons (Fsp3) is 0.200. The number of nitrogens with one attached hydrogen (secondary N) is 2. The molecule has 3 rings (SSSR count). The van der Waals surface area contributed by atoms with Gasteiger partial charge < -0.3 is 10.6 Å². The molecule has 0 bridgehead atoms.